The lowest BCUT2D eigenvalue weighted by molar-refractivity contribution is -0.113. The average Bonchev–Trinajstić information content (AvgIpc) is 2.73. The van der Waals surface area contributed by atoms with Gasteiger partial charge in [0.2, 0.25) is 0 Å². The van der Waals surface area contributed by atoms with Crippen molar-refractivity contribution in [3.63, 3.8) is 0 Å². The minimum absolute atomic E-state index is 0.181. The van der Waals surface area contributed by atoms with Gasteiger partial charge in [-0.25, -0.2) is 4.98 Å². The van der Waals surface area contributed by atoms with E-state index in [-0.39, 0.29) is 12.5 Å². The molecule has 27 heavy (non-hydrogen) atoms. The minimum Gasteiger partial charge on any atom is -0.488 e. The summed E-state index contributed by atoms with van der Waals surface area (Å²) in [6.45, 7) is 0.252. The number of amides is 1. The molecule has 1 aromatic heterocycles. The number of carbonyl (C=O) groups excluding carboxylic acids is 1. The third-order valence-corrected chi connectivity index (χ3v) is 4.04. The molecule has 4 nitrogen and oxygen atoms in total. The number of para-hydroxylation sites is 1. The van der Waals surface area contributed by atoms with Crippen LogP contribution in [0, 0.1) is 11.8 Å². The molecule has 0 fully saturated rings. The third kappa shape index (κ3) is 4.05. The lowest BCUT2D eigenvalue weighted by atomic mass is 10.1. The number of rotatable bonds is 2. The van der Waals surface area contributed by atoms with Gasteiger partial charge in [0, 0.05) is 23.0 Å². The molecule has 1 N–H and O–H groups in total. The van der Waals surface area contributed by atoms with E-state index in [1.54, 1.807) is 6.20 Å². The normalized spacial score (nSPS) is 11.9. The molecular formula is C23H16N2O2. The molecular weight excluding hydrogens is 336 g/mol. The van der Waals surface area contributed by atoms with Gasteiger partial charge in [0.15, 0.2) is 0 Å². The van der Waals surface area contributed by atoms with Crippen LogP contribution in [-0.4, -0.2) is 17.5 Å². The molecule has 0 radical (unpaired) electrons. The van der Waals surface area contributed by atoms with E-state index >= 15 is 0 Å². The van der Waals surface area contributed by atoms with E-state index in [9.17, 15) is 4.79 Å². The highest BCUT2D eigenvalue weighted by Gasteiger charge is 2.17. The van der Waals surface area contributed by atoms with Crippen LogP contribution in [0.1, 0.15) is 16.8 Å². The van der Waals surface area contributed by atoms with E-state index < -0.39 is 0 Å². The Bertz CT molecular complexity index is 1080. The number of anilines is 1. The number of fused-ring (bicyclic) bond motifs is 1. The first kappa shape index (κ1) is 16.6. The number of hydrogen-bond acceptors (Lipinski definition) is 3. The number of pyridine rings is 1. The molecule has 4 rings (SSSR count). The third-order valence-electron chi connectivity index (χ3n) is 4.04. The predicted octanol–water partition coefficient (Wildman–Crippen LogP) is 3.90. The van der Waals surface area contributed by atoms with Crippen LogP contribution in [0.2, 0.25) is 0 Å². The molecule has 0 unspecified atom stereocenters. The molecule has 3 aromatic rings. The Kier molecular flexibility index (Phi) is 4.67. The van der Waals surface area contributed by atoms with Crippen LogP contribution in [0.4, 0.5) is 5.69 Å². The Labute approximate surface area is 157 Å². The van der Waals surface area contributed by atoms with Gasteiger partial charge in [-0.2, -0.15) is 0 Å². The van der Waals surface area contributed by atoms with Crippen molar-refractivity contribution in [2.45, 2.75) is 0 Å². The maximum atomic E-state index is 12.6. The summed E-state index contributed by atoms with van der Waals surface area (Å²) in [5.41, 5.74) is 3.68. The van der Waals surface area contributed by atoms with Gasteiger partial charge in [-0.05, 0) is 48.4 Å². The Morgan fingerprint density at radius 1 is 1.00 bits per heavy atom. The van der Waals surface area contributed by atoms with Crippen molar-refractivity contribution < 1.29 is 9.53 Å². The van der Waals surface area contributed by atoms with E-state index in [1.165, 1.54) is 0 Å². The first-order valence-electron chi connectivity index (χ1n) is 8.55. The van der Waals surface area contributed by atoms with E-state index in [1.807, 2.05) is 72.8 Å². The van der Waals surface area contributed by atoms with E-state index in [4.69, 9.17) is 4.74 Å². The molecule has 0 saturated carbocycles. The molecule has 1 amide bonds. The second kappa shape index (κ2) is 7.59. The minimum atomic E-state index is -0.181. The fourth-order valence-corrected chi connectivity index (χ4v) is 2.71. The number of carbonyl (C=O) groups is 1. The monoisotopic (exact) mass is 352 g/mol. The summed E-state index contributed by atoms with van der Waals surface area (Å²) in [5.74, 6) is 6.69. The summed E-state index contributed by atoms with van der Waals surface area (Å²) in [6.07, 6.45) is 3.57. The fraction of sp³-hybridized carbons (Fsp3) is 0.0435. The van der Waals surface area contributed by atoms with Crippen molar-refractivity contribution in [3.05, 3.63) is 95.3 Å². The Balaban J connectivity index is 1.50. The van der Waals surface area contributed by atoms with Crippen LogP contribution in [-0.2, 0) is 4.79 Å². The largest absolute Gasteiger partial charge is 0.488 e. The zero-order chi connectivity index (χ0) is 18.5. The van der Waals surface area contributed by atoms with Gasteiger partial charge in [-0.1, -0.05) is 36.3 Å². The lowest BCUT2D eigenvalue weighted by Gasteiger charge is -2.17. The van der Waals surface area contributed by atoms with E-state index in [0.717, 1.165) is 16.9 Å². The summed E-state index contributed by atoms with van der Waals surface area (Å²) in [4.78, 5) is 16.7. The van der Waals surface area contributed by atoms with Gasteiger partial charge in [0.25, 0.3) is 5.91 Å². The molecule has 2 heterocycles. The molecule has 0 aliphatic carbocycles. The Hall–Kier alpha value is -3.84. The Morgan fingerprint density at radius 2 is 1.89 bits per heavy atom. The van der Waals surface area contributed by atoms with Gasteiger partial charge < -0.3 is 10.1 Å². The molecule has 0 atom stereocenters. The van der Waals surface area contributed by atoms with Crippen LogP contribution in [0.25, 0.3) is 6.08 Å². The van der Waals surface area contributed by atoms with Crippen molar-refractivity contribution in [1.82, 2.24) is 4.98 Å². The summed E-state index contributed by atoms with van der Waals surface area (Å²) in [5, 5.41) is 2.91. The topological polar surface area (TPSA) is 51.2 Å². The Morgan fingerprint density at radius 3 is 2.78 bits per heavy atom. The summed E-state index contributed by atoms with van der Waals surface area (Å²) in [7, 11) is 0. The first-order valence-corrected chi connectivity index (χ1v) is 8.55. The molecule has 130 valence electrons. The van der Waals surface area contributed by atoms with Crippen molar-refractivity contribution in [1.29, 1.82) is 0 Å². The smallest absolute Gasteiger partial charge is 0.255 e. The van der Waals surface area contributed by atoms with Gasteiger partial charge in [-0.15, -0.1) is 0 Å². The highest BCUT2D eigenvalue weighted by Crippen LogP contribution is 2.26. The maximum Gasteiger partial charge on any atom is 0.255 e. The maximum absolute atomic E-state index is 12.6. The number of aromatic nitrogens is 1. The van der Waals surface area contributed by atoms with Crippen molar-refractivity contribution in [2.75, 3.05) is 11.9 Å². The first-order chi connectivity index (χ1) is 13.3. The van der Waals surface area contributed by atoms with Gasteiger partial charge in [0.1, 0.15) is 18.1 Å². The van der Waals surface area contributed by atoms with Crippen LogP contribution in [0.5, 0.6) is 5.75 Å². The summed E-state index contributed by atoms with van der Waals surface area (Å²) < 4.78 is 5.65. The second-order valence-corrected chi connectivity index (χ2v) is 6.00. The molecule has 1 aliphatic heterocycles. The van der Waals surface area contributed by atoms with Crippen molar-refractivity contribution in [3.8, 4) is 17.6 Å². The number of ether oxygens (including phenoxy) is 1. The van der Waals surface area contributed by atoms with E-state index in [2.05, 4.69) is 22.1 Å². The molecule has 0 bridgehead atoms. The lowest BCUT2D eigenvalue weighted by Crippen LogP contribution is -2.21. The number of nitrogens with zero attached hydrogens (tertiary/aromatic N) is 1. The molecule has 4 heteroatoms. The van der Waals surface area contributed by atoms with Crippen LogP contribution in [0.3, 0.4) is 0 Å². The van der Waals surface area contributed by atoms with Crippen LogP contribution < -0.4 is 10.1 Å². The summed E-state index contributed by atoms with van der Waals surface area (Å²) in [6, 6.07) is 20.7. The van der Waals surface area contributed by atoms with Gasteiger partial charge >= 0.3 is 0 Å². The molecule has 2 aromatic carbocycles. The number of nitrogens with one attached hydrogen (secondary N) is 1. The zero-order valence-electron chi connectivity index (χ0n) is 14.5. The SMILES string of the molecule is O=C(Nc1cccc(C#Cc2ccccn2)c1)C1=Cc2ccccc2OC1. The fourth-order valence-electron chi connectivity index (χ4n) is 2.71. The molecule has 0 saturated heterocycles. The van der Waals surface area contributed by atoms with Crippen LogP contribution >= 0.6 is 0 Å². The van der Waals surface area contributed by atoms with E-state index in [0.29, 0.717) is 17.0 Å². The molecule has 1 aliphatic rings. The number of benzene rings is 2. The standard InChI is InChI=1S/C23H16N2O2/c26-23(19-15-18-7-1-2-10-22(18)27-16-19)25-21-9-5-6-17(14-21)11-12-20-8-3-4-13-24-20/h1-10,13-15H,16H2,(H,25,26). The summed E-state index contributed by atoms with van der Waals surface area (Å²) >= 11 is 0. The van der Waals surface area contributed by atoms with Crippen molar-refractivity contribution >= 4 is 17.7 Å². The zero-order valence-corrected chi connectivity index (χ0v) is 14.5. The van der Waals surface area contributed by atoms with Crippen LogP contribution in [0.15, 0.2) is 78.5 Å². The quantitative estimate of drug-likeness (QED) is 0.712. The highest BCUT2D eigenvalue weighted by atomic mass is 16.5. The van der Waals surface area contributed by atoms with Gasteiger partial charge in [-0.3, -0.25) is 4.79 Å². The predicted molar refractivity (Wildman–Crippen MR) is 105 cm³/mol. The van der Waals surface area contributed by atoms with Crippen molar-refractivity contribution in [2.24, 2.45) is 0 Å². The van der Waals surface area contributed by atoms with Gasteiger partial charge in [0.05, 0.1) is 5.57 Å². The molecule has 0 spiro atoms. The highest BCUT2D eigenvalue weighted by molar-refractivity contribution is 6.07. The average molecular weight is 352 g/mol. The second-order valence-electron chi connectivity index (χ2n) is 6.00. The number of hydrogen-bond donors (Lipinski definition) is 1.